The fourth-order valence-corrected chi connectivity index (χ4v) is 3.40. The number of carbonyl (C=O) groups excluding carboxylic acids is 2. The molecule has 24 heavy (non-hydrogen) atoms. The van der Waals surface area contributed by atoms with Gasteiger partial charge in [-0.15, -0.1) is 0 Å². The number of nitrogens with one attached hydrogen (secondary N) is 1. The molecule has 2 atom stereocenters. The van der Waals surface area contributed by atoms with Crippen molar-refractivity contribution < 1.29 is 19.1 Å². The second-order valence-corrected chi connectivity index (χ2v) is 6.53. The fourth-order valence-electron chi connectivity index (χ4n) is 3.40. The van der Waals surface area contributed by atoms with Gasteiger partial charge in [-0.2, -0.15) is 0 Å². The van der Waals surface area contributed by atoms with Crippen LogP contribution in [-0.2, 0) is 25.5 Å². The van der Waals surface area contributed by atoms with Crippen molar-refractivity contribution >= 4 is 11.8 Å². The molecule has 2 fully saturated rings. The van der Waals surface area contributed by atoms with Crippen LogP contribution in [0.1, 0.15) is 18.4 Å². The third kappa shape index (κ3) is 3.94. The van der Waals surface area contributed by atoms with Crippen LogP contribution in [0, 0.1) is 0 Å². The number of benzene rings is 1. The summed E-state index contributed by atoms with van der Waals surface area (Å²) in [6.45, 7) is 1.86. The van der Waals surface area contributed by atoms with Crippen molar-refractivity contribution in [2.75, 3.05) is 33.4 Å². The number of hydrogen-bond acceptors (Lipinski definition) is 4. The summed E-state index contributed by atoms with van der Waals surface area (Å²) in [5.74, 6) is -0.00144. The summed E-state index contributed by atoms with van der Waals surface area (Å²) in [4.78, 5) is 25.6. The van der Waals surface area contributed by atoms with Crippen LogP contribution < -0.4 is 5.32 Å². The van der Waals surface area contributed by atoms with Crippen LogP contribution in [0.5, 0.6) is 0 Å². The van der Waals surface area contributed by atoms with E-state index in [1.54, 1.807) is 7.05 Å². The fraction of sp³-hybridized carbons (Fsp3) is 0.556. The maximum Gasteiger partial charge on any atom is 0.245 e. The first-order valence-corrected chi connectivity index (χ1v) is 8.38. The predicted octanol–water partition coefficient (Wildman–Crippen LogP) is 0.752. The number of hydrogen-bond donors (Lipinski definition) is 1. The Kier molecular flexibility index (Phi) is 5.16. The largest absolute Gasteiger partial charge is 0.370 e. The third-order valence-electron chi connectivity index (χ3n) is 4.77. The first-order chi connectivity index (χ1) is 11.6. The molecular formula is C18H24N2O4. The lowest BCUT2D eigenvalue weighted by Crippen LogP contribution is -2.36. The summed E-state index contributed by atoms with van der Waals surface area (Å²) in [7, 11) is 1.59. The van der Waals surface area contributed by atoms with E-state index in [-0.39, 0.29) is 30.1 Å². The topological polar surface area (TPSA) is 67.9 Å². The first kappa shape index (κ1) is 16.9. The Morgan fingerprint density at radius 2 is 2.17 bits per heavy atom. The molecule has 6 heteroatoms. The molecular weight excluding hydrogens is 308 g/mol. The molecule has 3 rings (SSSR count). The van der Waals surface area contributed by atoms with Gasteiger partial charge < -0.3 is 19.7 Å². The number of amides is 2. The molecule has 2 saturated heterocycles. The van der Waals surface area contributed by atoms with E-state index in [1.807, 2.05) is 35.2 Å². The van der Waals surface area contributed by atoms with Crippen LogP contribution in [0.4, 0.5) is 0 Å². The zero-order valence-electron chi connectivity index (χ0n) is 14.0. The van der Waals surface area contributed by atoms with Gasteiger partial charge in [-0.1, -0.05) is 30.3 Å². The number of likely N-dealkylation sites (N-methyl/N-ethyl adjacent to an activating group) is 1. The minimum Gasteiger partial charge on any atom is -0.370 e. The summed E-state index contributed by atoms with van der Waals surface area (Å²) in [6.07, 6.45) is 1.91. The molecule has 1 aromatic rings. The van der Waals surface area contributed by atoms with E-state index in [0.29, 0.717) is 26.1 Å². The molecule has 1 aromatic carbocycles. The van der Waals surface area contributed by atoms with Gasteiger partial charge in [0.05, 0.1) is 24.7 Å². The molecule has 0 aliphatic carbocycles. The van der Waals surface area contributed by atoms with Crippen LogP contribution in [-0.4, -0.2) is 61.8 Å². The Bertz CT molecular complexity index is 592. The number of ether oxygens (including phenoxy) is 2. The molecule has 0 saturated carbocycles. The average molecular weight is 332 g/mol. The van der Waals surface area contributed by atoms with Gasteiger partial charge in [-0.05, 0) is 12.0 Å². The van der Waals surface area contributed by atoms with E-state index >= 15 is 0 Å². The van der Waals surface area contributed by atoms with Crippen molar-refractivity contribution in [3.05, 3.63) is 35.9 Å². The summed E-state index contributed by atoms with van der Waals surface area (Å²) < 4.78 is 11.6. The van der Waals surface area contributed by atoms with Crippen LogP contribution >= 0.6 is 0 Å². The Balaban J connectivity index is 1.50. The maximum atomic E-state index is 12.5. The first-order valence-electron chi connectivity index (χ1n) is 8.38. The molecule has 0 aromatic heterocycles. The van der Waals surface area contributed by atoms with Gasteiger partial charge in [-0.3, -0.25) is 9.59 Å². The standard InChI is InChI=1S/C18H24N2O4/c1-19-16(21)12-23-15-10-18(24-11-15)7-8-20(13-18)17(22)9-14-5-3-2-4-6-14/h2-6,15H,7-13H2,1H3,(H,19,21)/t15-,18-/m0/s1. The molecule has 0 radical (unpaired) electrons. The summed E-state index contributed by atoms with van der Waals surface area (Å²) in [5.41, 5.74) is 0.724. The lowest BCUT2D eigenvalue weighted by molar-refractivity contribution is -0.130. The molecule has 2 amide bonds. The SMILES string of the molecule is CNC(=O)CO[C@@H]1CO[C@@]2(CCN(C(=O)Cc3ccccc3)C2)C1. The monoisotopic (exact) mass is 332 g/mol. The summed E-state index contributed by atoms with van der Waals surface area (Å²) >= 11 is 0. The Hall–Kier alpha value is -1.92. The molecule has 2 heterocycles. The maximum absolute atomic E-state index is 12.5. The van der Waals surface area contributed by atoms with Crippen molar-refractivity contribution in [1.82, 2.24) is 10.2 Å². The minimum absolute atomic E-state index is 0.0528. The van der Waals surface area contributed by atoms with E-state index in [9.17, 15) is 9.59 Å². The van der Waals surface area contributed by atoms with Crippen molar-refractivity contribution in [3.63, 3.8) is 0 Å². The predicted molar refractivity (Wildman–Crippen MR) is 88.4 cm³/mol. The van der Waals surface area contributed by atoms with Gasteiger partial charge in [0.15, 0.2) is 0 Å². The van der Waals surface area contributed by atoms with E-state index in [2.05, 4.69) is 5.32 Å². The Morgan fingerprint density at radius 1 is 1.38 bits per heavy atom. The van der Waals surface area contributed by atoms with Crippen molar-refractivity contribution in [2.24, 2.45) is 0 Å². The van der Waals surface area contributed by atoms with E-state index < -0.39 is 0 Å². The van der Waals surface area contributed by atoms with Gasteiger partial charge in [0, 0.05) is 26.6 Å². The van der Waals surface area contributed by atoms with Crippen LogP contribution in [0.25, 0.3) is 0 Å². The average Bonchev–Trinajstić information content (AvgIpc) is 3.21. The second kappa shape index (κ2) is 7.32. The number of carbonyl (C=O) groups is 2. The van der Waals surface area contributed by atoms with Crippen LogP contribution in [0.2, 0.25) is 0 Å². The zero-order valence-corrected chi connectivity index (χ0v) is 14.0. The quantitative estimate of drug-likeness (QED) is 0.864. The molecule has 6 nitrogen and oxygen atoms in total. The highest BCUT2D eigenvalue weighted by molar-refractivity contribution is 5.79. The molecule has 2 aliphatic rings. The normalized spacial score (nSPS) is 26.0. The minimum atomic E-state index is -0.306. The second-order valence-electron chi connectivity index (χ2n) is 6.53. The van der Waals surface area contributed by atoms with Crippen LogP contribution in [0.15, 0.2) is 30.3 Å². The summed E-state index contributed by atoms with van der Waals surface area (Å²) in [6, 6.07) is 9.78. The van der Waals surface area contributed by atoms with Crippen molar-refractivity contribution in [3.8, 4) is 0 Å². The molecule has 0 unspecified atom stereocenters. The third-order valence-corrected chi connectivity index (χ3v) is 4.77. The number of likely N-dealkylation sites (tertiary alicyclic amines) is 1. The number of nitrogens with zero attached hydrogens (tertiary/aromatic N) is 1. The molecule has 2 aliphatic heterocycles. The highest BCUT2D eigenvalue weighted by Crippen LogP contribution is 2.36. The Morgan fingerprint density at radius 3 is 2.92 bits per heavy atom. The molecule has 130 valence electrons. The molecule has 1 spiro atoms. The zero-order chi connectivity index (χ0) is 17.0. The lowest BCUT2D eigenvalue weighted by atomic mass is 9.98. The van der Waals surface area contributed by atoms with Gasteiger partial charge in [0.25, 0.3) is 0 Å². The van der Waals surface area contributed by atoms with Gasteiger partial charge in [0.1, 0.15) is 6.61 Å². The molecule has 1 N–H and O–H groups in total. The molecule has 0 bridgehead atoms. The highest BCUT2D eigenvalue weighted by atomic mass is 16.6. The smallest absolute Gasteiger partial charge is 0.245 e. The van der Waals surface area contributed by atoms with Crippen molar-refractivity contribution in [1.29, 1.82) is 0 Å². The van der Waals surface area contributed by atoms with Gasteiger partial charge in [0.2, 0.25) is 11.8 Å². The van der Waals surface area contributed by atoms with Crippen molar-refractivity contribution in [2.45, 2.75) is 31.0 Å². The van der Waals surface area contributed by atoms with Gasteiger partial charge >= 0.3 is 0 Å². The summed E-state index contributed by atoms with van der Waals surface area (Å²) in [5, 5.41) is 2.54. The number of rotatable bonds is 5. The Labute approximate surface area is 142 Å². The van der Waals surface area contributed by atoms with E-state index in [1.165, 1.54) is 0 Å². The van der Waals surface area contributed by atoms with Gasteiger partial charge in [-0.25, -0.2) is 0 Å². The highest BCUT2D eigenvalue weighted by Gasteiger charge is 2.47. The van der Waals surface area contributed by atoms with Crippen LogP contribution in [0.3, 0.4) is 0 Å². The van der Waals surface area contributed by atoms with E-state index in [0.717, 1.165) is 18.4 Å². The lowest BCUT2D eigenvalue weighted by Gasteiger charge is -2.23. The van der Waals surface area contributed by atoms with E-state index in [4.69, 9.17) is 9.47 Å².